The number of hydrogen-bond acceptors (Lipinski definition) is 5. The maximum Gasteiger partial charge on any atom is 0.222 e. The number of amides is 1. The molecule has 2 fully saturated rings. The molecule has 2 aliphatic heterocycles. The summed E-state index contributed by atoms with van der Waals surface area (Å²) in [5.41, 5.74) is 3.46. The van der Waals surface area contributed by atoms with Gasteiger partial charge in [-0.25, -0.2) is 0 Å². The first-order chi connectivity index (χ1) is 23.5. The molecule has 2 bridgehead atoms. The lowest BCUT2D eigenvalue weighted by Crippen LogP contribution is -2.69. The van der Waals surface area contributed by atoms with Crippen molar-refractivity contribution >= 4 is 5.91 Å². The fourth-order valence-corrected chi connectivity index (χ4v) is 9.98. The highest BCUT2D eigenvalue weighted by molar-refractivity contribution is 5.77. The van der Waals surface area contributed by atoms with Crippen LogP contribution in [0.4, 0.5) is 0 Å². The fraction of sp³-hybridized carbons (Fsp3) is 0.643. The van der Waals surface area contributed by atoms with Crippen molar-refractivity contribution < 1.29 is 19.4 Å². The summed E-state index contributed by atoms with van der Waals surface area (Å²) >= 11 is 0. The number of phenols is 1. The molecule has 6 nitrogen and oxygen atoms in total. The van der Waals surface area contributed by atoms with Gasteiger partial charge in [0.2, 0.25) is 5.91 Å². The van der Waals surface area contributed by atoms with E-state index in [4.69, 9.17) is 9.47 Å². The number of phenolic OH excluding ortho intramolecular Hbond substituents is 1. The number of carbonyl (C=O) groups excluding carboxylic acids is 1. The predicted molar refractivity (Wildman–Crippen MR) is 194 cm³/mol. The molecule has 2 aromatic carbocycles. The van der Waals surface area contributed by atoms with Crippen molar-refractivity contribution in [2.75, 3.05) is 26.7 Å². The van der Waals surface area contributed by atoms with E-state index >= 15 is 0 Å². The van der Waals surface area contributed by atoms with Gasteiger partial charge in [0.15, 0.2) is 11.5 Å². The van der Waals surface area contributed by atoms with Gasteiger partial charge in [-0.3, -0.25) is 9.69 Å². The highest BCUT2D eigenvalue weighted by atomic mass is 16.5. The smallest absolute Gasteiger partial charge is 0.222 e. The van der Waals surface area contributed by atoms with Crippen molar-refractivity contribution in [1.29, 1.82) is 0 Å². The van der Waals surface area contributed by atoms with Crippen LogP contribution in [-0.2, 0) is 23.1 Å². The third-order valence-electron chi connectivity index (χ3n) is 12.2. The van der Waals surface area contributed by atoms with Crippen LogP contribution in [0, 0.1) is 5.92 Å². The van der Waals surface area contributed by atoms with E-state index in [9.17, 15) is 9.90 Å². The Bertz CT molecular complexity index is 1380. The zero-order chi connectivity index (χ0) is 33.5. The van der Waals surface area contributed by atoms with Crippen molar-refractivity contribution in [3.63, 3.8) is 0 Å². The van der Waals surface area contributed by atoms with Crippen LogP contribution in [0.5, 0.6) is 17.2 Å². The summed E-state index contributed by atoms with van der Waals surface area (Å²) in [4.78, 5) is 19.0. The minimum Gasteiger partial charge on any atom is -0.508 e. The summed E-state index contributed by atoms with van der Waals surface area (Å²) in [6, 6.07) is 12.9. The number of carbonyl (C=O) groups is 1. The molecule has 1 N–H and O–H groups in total. The monoisotopic (exact) mass is 656 g/mol. The first-order valence-electron chi connectivity index (χ1n) is 19.3. The van der Waals surface area contributed by atoms with Crippen LogP contribution in [0.15, 0.2) is 49.1 Å². The van der Waals surface area contributed by atoms with E-state index in [1.807, 2.05) is 6.08 Å². The molecule has 6 rings (SSSR count). The van der Waals surface area contributed by atoms with E-state index in [-0.39, 0.29) is 17.6 Å². The third-order valence-corrected chi connectivity index (χ3v) is 12.2. The summed E-state index contributed by atoms with van der Waals surface area (Å²) in [5.74, 6) is 2.50. The number of likely N-dealkylation sites (tertiary alicyclic amines) is 1. The maximum absolute atomic E-state index is 14.2. The number of hydrogen-bond donors (Lipinski definition) is 1. The lowest BCUT2D eigenvalue weighted by molar-refractivity contribution is -0.142. The van der Waals surface area contributed by atoms with Crippen LogP contribution in [0.1, 0.15) is 120 Å². The lowest BCUT2D eigenvalue weighted by Gasteiger charge is -2.60. The SMILES string of the molecule is C=CCN1CC[C@]23c4c5c(O)cc(OC)c4O[C@H]2[C@@H](N(CCCCC)C(=O)CCCCCCCCCCc2ccccc2)CC[C@H]3[C@H]1C5. The van der Waals surface area contributed by atoms with Gasteiger partial charge in [-0.1, -0.05) is 94.7 Å². The summed E-state index contributed by atoms with van der Waals surface area (Å²) in [6.45, 7) is 8.93. The average Bonchev–Trinajstić information content (AvgIpc) is 3.44. The van der Waals surface area contributed by atoms with Crippen LogP contribution < -0.4 is 9.47 Å². The Morgan fingerprint density at radius 3 is 2.54 bits per heavy atom. The average molecular weight is 657 g/mol. The molecule has 48 heavy (non-hydrogen) atoms. The van der Waals surface area contributed by atoms with Gasteiger partial charge >= 0.3 is 0 Å². The first-order valence-corrected chi connectivity index (χ1v) is 19.3. The molecule has 0 radical (unpaired) electrons. The molecule has 5 atom stereocenters. The molecule has 0 aromatic heterocycles. The second kappa shape index (κ2) is 16.1. The summed E-state index contributed by atoms with van der Waals surface area (Å²) in [6.07, 6.45) is 20.6. The fourth-order valence-electron chi connectivity index (χ4n) is 9.98. The van der Waals surface area contributed by atoms with E-state index in [0.29, 0.717) is 35.8 Å². The van der Waals surface area contributed by atoms with Crippen molar-refractivity contribution in [3.8, 4) is 17.2 Å². The highest BCUT2D eigenvalue weighted by Gasteiger charge is 2.67. The maximum atomic E-state index is 14.2. The van der Waals surface area contributed by atoms with Crippen molar-refractivity contribution in [2.24, 2.45) is 5.92 Å². The Balaban J connectivity index is 1.09. The van der Waals surface area contributed by atoms with E-state index in [0.717, 1.165) is 88.7 Å². The quantitative estimate of drug-likeness (QED) is 0.121. The number of rotatable bonds is 19. The second-order valence-electron chi connectivity index (χ2n) is 15.0. The molecule has 1 amide bonds. The van der Waals surface area contributed by atoms with Crippen molar-refractivity contribution in [2.45, 2.75) is 140 Å². The van der Waals surface area contributed by atoms with Crippen LogP contribution in [0.3, 0.4) is 0 Å². The molecular weight excluding hydrogens is 596 g/mol. The van der Waals surface area contributed by atoms with Crippen LogP contribution in [0.2, 0.25) is 0 Å². The lowest BCUT2D eigenvalue weighted by atomic mass is 9.50. The molecule has 4 aliphatic rings. The topological polar surface area (TPSA) is 62.2 Å². The molecule has 0 unspecified atom stereocenters. The number of ether oxygens (including phenoxy) is 2. The van der Waals surface area contributed by atoms with Crippen LogP contribution in [0.25, 0.3) is 0 Å². The van der Waals surface area contributed by atoms with Gasteiger partial charge in [0, 0.05) is 48.2 Å². The first kappa shape index (κ1) is 34.9. The van der Waals surface area contributed by atoms with Gasteiger partial charge in [-0.05, 0) is 69.4 Å². The number of aryl methyl sites for hydroxylation is 1. The molecule has 1 saturated heterocycles. The predicted octanol–water partition coefficient (Wildman–Crippen LogP) is 8.77. The Morgan fingerprint density at radius 1 is 1.06 bits per heavy atom. The Morgan fingerprint density at radius 2 is 1.81 bits per heavy atom. The van der Waals surface area contributed by atoms with Gasteiger partial charge in [0.05, 0.1) is 13.2 Å². The van der Waals surface area contributed by atoms with Gasteiger partial charge in [-0.15, -0.1) is 6.58 Å². The van der Waals surface area contributed by atoms with E-state index in [1.54, 1.807) is 13.2 Å². The van der Waals surface area contributed by atoms with Gasteiger partial charge in [0.1, 0.15) is 11.9 Å². The number of unbranched alkanes of at least 4 members (excludes halogenated alkanes) is 9. The molecule has 2 aliphatic carbocycles. The zero-order valence-electron chi connectivity index (χ0n) is 29.8. The summed E-state index contributed by atoms with van der Waals surface area (Å²) in [7, 11) is 1.67. The Labute approximate surface area is 289 Å². The molecular formula is C42H60N2O4. The summed E-state index contributed by atoms with van der Waals surface area (Å²) < 4.78 is 12.9. The number of methoxy groups -OCH3 is 1. The van der Waals surface area contributed by atoms with Gasteiger partial charge in [-0.2, -0.15) is 0 Å². The van der Waals surface area contributed by atoms with E-state index in [2.05, 4.69) is 53.6 Å². The molecule has 1 spiro atoms. The largest absolute Gasteiger partial charge is 0.508 e. The standard InChI is InChI=1S/C42H60N2O4/c1-4-6-18-27-44(38(46)22-17-12-10-8-7-9-11-14-19-31-20-15-13-16-21-31)34-24-23-33-35-29-32-36(45)30-37(47-3)40-39(32)42(33,41(34)48-40)25-28-43(35)26-5-2/h5,13,15-16,20-21,30,33-35,41,45H,2,4,6-12,14,17-19,22-29H2,1,3H3/t33-,34-,35+,41-,42-/m0/s1. The normalized spacial score (nSPS) is 25.3. The minimum absolute atomic E-state index is 0.0401. The Kier molecular flexibility index (Phi) is 11.7. The van der Waals surface area contributed by atoms with Crippen molar-refractivity contribution in [1.82, 2.24) is 9.80 Å². The number of piperidine rings is 1. The van der Waals surface area contributed by atoms with Gasteiger partial charge < -0.3 is 19.5 Å². The molecule has 262 valence electrons. The number of nitrogens with zero attached hydrogens (tertiary/aromatic N) is 2. The third kappa shape index (κ3) is 6.88. The second-order valence-corrected chi connectivity index (χ2v) is 15.0. The molecule has 2 aromatic rings. The van der Waals surface area contributed by atoms with Crippen LogP contribution >= 0.6 is 0 Å². The summed E-state index contributed by atoms with van der Waals surface area (Å²) in [5, 5.41) is 11.3. The van der Waals surface area contributed by atoms with Gasteiger partial charge in [0.25, 0.3) is 0 Å². The molecule has 6 heteroatoms. The van der Waals surface area contributed by atoms with Crippen LogP contribution in [-0.4, -0.2) is 65.7 Å². The van der Waals surface area contributed by atoms with Crippen molar-refractivity contribution in [3.05, 3.63) is 65.7 Å². The highest BCUT2D eigenvalue weighted by Crippen LogP contribution is 2.65. The molecule has 2 heterocycles. The zero-order valence-corrected chi connectivity index (χ0v) is 29.8. The Hall–Kier alpha value is -2.99. The minimum atomic E-state index is -0.204. The molecule has 1 saturated carbocycles. The van der Waals surface area contributed by atoms with E-state index < -0.39 is 0 Å². The number of aromatic hydroxyl groups is 1. The number of benzene rings is 2. The van der Waals surface area contributed by atoms with E-state index in [1.165, 1.54) is 56.1 Å².